The minimum Gasteiger partial charge on any atom is -0.478 e. The van der Waals surface area contributed by atoms with Gasteiger partial charge in [-0.05, 0) is 36.6 Å². The first kappa shape index (κ1) is 16.2. The van der Waals surface area contributed by atoms with Gasteiger partial charge in [0.1, 0.15) is 0 Å². The number of hydrogen-bond donors (Lipinski definition) is 2. The largest absolute Gasteiger partial charge is 0.478 e. The van der Waals surface area contributed by atoms with Crippen molar-refractivity contribution in [1.29, 1.82) is 0 Å². The van der Waals surface area contributed by atoms with Crippen molar-refractivity contribution in [2.75, 3.05) is 13.1 Å². The Labute approximate surface area is 130 Å². The van der Waals surface area contributed by atoms with Gasteiger partial charge in [0, 0.05) is 32.6 Å². The molecule has 0 bridgehead atoms. The summed E-state index contributed by atoms with van der Waals surface area (Å²) < 4.78 is 0. The molecule has 1 aliphatic rings. The van der Waals surface area contributed by atoms with Gasteiger partial charge in [0.2, 0.25) is 5.91 Å². The summed E-state index contributed by atoms with van der Waals surface area (Å²) in [5.41, 5.74) is 2.63. The summed E-state index contributed by atoms with van der Waals surface area (Å²) in [5.74, 6) is -0.923. The quantitative estimate of drug-likeness (QED) is 0.817. The molecule has 22 heavy (non-hydrogen) atoms. The van der Waals surface area contributed by atoms with Crippen LogP contribution >= 0.6 is 0 Å². The number of nitrogens with zero attached hydrogens (tertiary/aromatic N) is 1. The first-order valence-corrected chi connectivity index (χ1v) is 7.46. The molecule has 2 rings (SSSR count). The highest BCUT2D eigenvalue weighted by Gasteiger charge is 2.18. The van der Waals surface area contributed by atoms with E-state index in [9.17, 15) is 9.59 Å². The first-order valence-electron chi connectivity index (χ1n) is 7.46. The van der Waals surface area contributed by atoms with Crippen molar-refractivity contribution in [1.82, 2.24) is 10.2 Å². The highest BCUT2D eigenvalue weighted by atomic mass is 16.4. The first-order chi connectivity index (χ1) is 10.5. The van der Waals surface area contributed by atoms with Gasteiger partial charge in [-0.2, -0.15) is 0 Å². The molecule has 0 saturated heterocycles. The van der Waals surface area contributed by atoms with Crippen LogP contribution in [-0.4, -0.2) is 41.0 Å². The number of hydrogen-bond acceptors (Lipinski definition) is 3. The van der Waals surface area contributed by atoms with Gasteiger partial charge in [-0.25, -0.2) is 4.79 Å². The number of carbonyl (C=O) groups excluding carboxylic acids is 1. The van der Waals surface area contributed by atoms with E-state index in [-0.39, 0.29) is 11.9 Å². The Morgan fingerprint density at radius 3 is 2.59 bits per heavy atom. The van der Waals surface area contributed by atoms with E-state index in [0.29, 0.717) is 5.56 Å². The highest BCUT2D eigenvalue weighted by molar-refractivity contribution is 5.87. The van der Waals surface area contributed by atoms with Gasteiger partial charge in [-0.15, -0.1) is 0 Å². The second kappa shape index (κ2) is 7.22. The van der Waals surface area contributed by atoms with Crippen molar-refractivity contribution in [3.8, 4) is 0 Å². The highest BCUT2D eigenvalue weighted by Crippen LogP contribution is 2.16. The van der Waals surface area contributed by atoms with E-state index >= 15 is 0 Å². The molecule has 0 fully saturated rings. The number of carboxylic acids is 1. The fourth-order valence-corrected chi connectivity index (χ4v) is 2.69. The third-order valence-electron chi connectivity index (χ3n) is 3.84. The Morgan fingerprint density at radius 2 is 2.00 bits per heavy atom. The van der Waals surface area contributed by atoms with Crippen LogP contribution in [0.4, 0.5) is 0 Å². The van der Waals surface area contributed by atoms with Gasteiger partial charge in [-0.1, -0.05) is 18.2 Å². The summed E-state index contributed by atoms with van der Waals surface area (Å²) in [6.07, 6.45) is 3.16. The average molecular weight is 302 g/mol. The second-order valence-electron chi connectivity index (χ2n) is 5.70. The molecule has 5 nitrogen and oxygen atoms in total. The third kappa shape index (κ3) is 4.43. The fraction of sp³-hybridized carbons (Fsp3) is 0.412. The number of carboxylic acid groups (broad SMARTS) is 1. The van der Waals surface area contributed by atoms with E-state index in [1.165, 1.54) is 12.5 Å². The molecule has 1 atom stereocenters. The van der Waals surface area contributed by atoms with Crippen LogP contribution in [0.2, 0.25) is 0 Å². The Balaban J connectivity index is 1.95. The number of aromatic carboxylic acids is 1. The van der Waals surface area contributed by atoms with Gasteiger partial charge in [0.25, 0.3) is 0 Å². The zero-order valence-electron chi connectivity index (χ0n) is 13.0. The van der Waals surface area contributed by atoms with Crippen molar-refractivity contribution in [3.05, 3.63) is 47.0 Å². The molecule has 0 radical (unpaired) electrons. The van der Waals surface area contributed by atoms with Crippen molar-refractivity contribution in [3.63, 3.8) is 0 Å². The minimum absolute atomic E-state index is 0.0187. The smallest absolute Gasteiger partial charge is 0.335 e. The van der Waals surface area contributed by atoms with Gasteiger partial charge >= 0.3 is 5.97 Å². The standard InChI is InChI=1S/C17H22N2O3/c1-12(18-13(2)20)16-4-3-9-19(11-16)10-14-5-7-15(8-6-14)17(21)22/h4-8,12H,3,9-11H2,1-2H3,(H,18,20)(H,21,22)/t12-/m1/s1. The van der Waals surface area contributed by atoms with Crippen molar-refractivity contribution < 1.29 is 14.7 Å². The van der Waals surface area contributed by atoms with E-state index < -0.39 is 5.97 Å². The molecule has 118 valence electrons. The number of nitrogens with one attached hydrogen (secondary N) is 1. The molecule has 2 N–H and O–H groups in total. The molecule has 0 aliphatic carbocycles. The molecule has 1 aliphatic heterocycles. The van der Waals surface area contributed by atoms with Gasteiger partial charge in [-0.3, -0.25) is 9.69 Å². The predicted octanol–water partition coefficient (Wildman–Crippen LogP) is 2.04. The van der Waals surface area contributed by atoms with E-state index in [1.807, 2.05) is 19.1 Å². The van der Waals surface area contributed by atoms with Gasteiger partial charge < -0.3 is 10.4 Å². The molecule has 1 aromatic carbocycles. The molecule has 1 amide bonds. The molecule has 0 saturated carbocycles. The molecule has 5 heteroatoms. The van der Waals surface area contributed by atoms with Crippen molar-refractivity contribution >= 4 is 11.9 Å². The van der Waals surface area contributed by atoms with Crippen LogP contribution in [0.3, 0.4) is 0 Å². The minimum atomic E-state index is -0.904. The maximum Gasteiger partial charge on any atom is 0.335 e. The lowest BCUT2D eigenvalue weighted by molar-refractivity contribution is -0.119. The summed E-state index contributed by atoms with van der Waals surface area (Å²) in [5, 5.41) is 11.8. The summed E-state index contributed by atoms with van der Waals surface area (Å²) in [6, 6.07) is 7.04. The Hall–Kier alpha value is -2.14. The van der Waals surface area contributed by atoms with Crippen LogP contribution in [0.25, 0.3) is 0 Å². The van der Waals surface area contributed by atoms with Crippen LogP contribution in [0.15, 0.2) is 35.9 Å². The average Bonchev–Trinajstić information content (AvgIpc) is 2.47. The van der Waals surface area contributed by atoms with E-state index in [1.54, 1.807) is 12.1 Å². The topological polar surface area (TPSA) is 69.6 Å². The van der Waals surface area contributed by atoms with Crippen LogP contribution in [0.5, 0.6) is 0 Å². The number of carbonyl (C=O) groups is 2. The lowest BCUT2D eigenvalue weighted by Crippen LogP contribution is -2.39. The Kier molecular flexibility index (Phi) is 5.33. The van der Waals surface area contributed by atoms with E-state index in [2.05, 4.69) is 16.3 Å². The lowest BCUT2D eigenvalue weighted by atomic mass is 10.0. The summed E-state index contributed by atoms with van der Waals surface area (Å²) in [7, 11) is 0. The molecular weight excluding hydrogens is 280 g/mol. The molecule has 1 aromatic rings. The monoisotopic (exact) mass is 302 g/mol. The normalized spacial score (nSPS) is 16.7. The van der Waals surface area contributed by atoms with Crippen LogP contribution < -0.4 is 5.32 Å². The van der Waals surface area contributed by atoms with Crippen molar-refractivity contribution in [2.24, 2.45) is 0 Å². The van der Waals surface area contributed by atoms with Crippen LogP contribution in [-0.2, 0) is 11.3 Å². The summed E-state index contributed by atoms with van der Waals surface area (Å²) in [6.45, 7) is 6.10. The zero-order chi connectivity index (χ0) is 16.1. The third-order valence-corrected chi connectivity index (χ3v) is 3.84. The lowest BCUT2D eigenvalue weighted by Gasteiger charge is -2.30. The van der Waals surface area contributed by atoms with Crippen LogP contribution in [0, 0.1) is 0 Å². The molecular formula is C17H22N2O3. The zero-order valence-corrected chi connectivity index (χ0v) is 13.0. The van der Waals surface area contributed by atoms with E-state index in [4.69, 9.17) is 5.11 Å². The Morgan fingerprint density at radius 1 is 1.32 bits per heavy atom. The molecule has 0 unspecified atom stereocenters. The molecule has 0 aromatic heterocycles. The van der Waals surface area contributed by atoms with Crippen molar-refractivity contribution in [2.45, 2.75) is 32.9 Å². The van der Waals surface area contributed by atoms with Gasteiger partial charge in [0.15, 0.2) is 0 Å². The maximum atomic E-state index is 11.2. The van der Waals surface area contributed by atoms with Gasteiger partial charge in [0.05, 0.1) is 5.56 Å². The molecule has 0 spiro atoms. The maximum absolute atomic E-state index is 11.2. The second-order valence-corrected chi connectivity index (χ2v) is 5.70. The van der Waals surface area contributed by atoms with Crippen LogP contribution in [0.1, 0.15) is 36.2 Å². The summed E-state index contributed by atoms with van der Waals surface area (Å²) in [4.78, 5) is 24.3. The number of benzene rings is 1. The van der Waals surface area contributed by atoms with E-state index in [0.717, 1.165) is 31.6 Å². The SMILES string of the molecule is CC(=O)N[C@H](C)C1=CCCN(Cc2ccc(C(=O)O)cc2)C1. The Bertz CT molecular complexity index is 578. The number of amides is 1. The fourth-order valence-electron chi connectivity index (χ4n) is 2.69. The number of rotatable bonds is 5. The molecule has 1 heterocycles. The predicted molar refractivity (Wildman–Crippen MR) is 84.7 cm³/mol. The summed E-state index contributed by atoms with van der Waals surface area (Å²) >= 11 is 0.